The van der Waals surface area contributed by atoms with Gasteiger partial charge in [-0.2, -0.15) is 0 Å². The van der Waals surface area contributed by atoms with Crippen LogP contribution in [0.2, 0.25) is 0 Å². The minimum Gasteiger partial charge on any atom is -0.495 e. The Labute approximate surface area is 142 Å². The summed E-state index contributed by atoms with van der Waals surface area (Å²) in [4.78, 5) is 12.2. The number of carbonyl (C=O) groups is 1. The van der Waals surface area contributed by atoms with Gasteiger partial charge in [0.25, 0.3) is 5.91 Å². The summed E-state index contributed by atoms with van der Waals surface area (Å²) in [7, 11) is 1.59. The number of fused-ring (bicyclic) bond motifs is 1. The van der Waals surface area contributed by atoms with Crippen LogP contribution in [0.1, 0.15) is 29.5 Å². The van der Waals surface area contributed by atoms with Gasteiger partial charge in [0.15, 0.2) is 6.61 Å². The van der Waals surface area contributed by atoms with E-state index in [9.17, 15) is 4.79 Å². The molecule has 4 nitrogen and oxygen atoms in total. The van der Waals surface area contributed by atoms with Crippen molar-refractivity contribution < 1.29 is 14.3 Å². The molecule has 1 amide bonds. The van der Waals surface area contributed by atoms with Crippen LogP contribution in [0.15, 0.2) is 36.4 Å². The molecule has 0 radical (unpaired) electrons. The Morgan fingerprint density at radius 1 is 1.12 bits per heavy atom. The van der Waals surface area contributed by atoms with Gasteiger partial charge < -0.3 is 14.8 Å². The van der Waals surface area contributed by atoms with Crippen LogP contribution in [0.25, 0.3) is 0 Å². The van der Waals surface area contributed by atoms with Crippen LogP contribution < -0.4 is 14.8 Å². The largest absolute Gasteiger partial charge is 0.495 e. The number of ether oxygens (including phenoxy) is 2. The quantitative estimate of drug-likeness (QED) is 0.907. The molecule has 0 atom stereocenters. The first-order valence-electron chi connectivity index (χ1n) is 8.35. The highest BCUT2D eigenvalue weighted by Crippen LogP contribution is 2.29. The van der Waals surface area contributed by atoms with Crippen LogP contribution in [-0.2, 0) is 17.6 Å². The number of hydrogen-bond acceptors (Lipinski definition) is 3. The van der Waals surface area contributed by atoms with Crippen LogP contribution in [0.5, 0.6) is 11.5 Å². The highest BCUT2D eigenvalue weighted by Gasteiger charge is 2.15. The second kappa shape index (κ2) is 7.39. The van der Waals surface area contributed by atoms with Crippen LogP contribution in [0, 0.1) is 6.92 Å². The van der Waals surface area contributed by atoms with Gasteiger partial charge in [-0.15, -0.1) is 0 Å². The fraction of sp³-hybridized carbons (Fsp3) is 0.350. The lowest BCUT2D eigenvalue weighted by Crippen LogP contribution is -2.21. The molecule has 1 aliphatic rings. The first-order chi connectivity index (χ1) is 11.7. The smallest absolute Gasteiger partial charge is 0.262 e. The molecule has 0 heterocycles. The van der Waals surface area contributed by atoms with Crippen molar-refractivity contribution in [3.05, 3.63) is 53.1 Å². The number of aryl methyl sites for hydroxylation is 2. The Morgan fingerprint density at radius 2 is 1.96 bits per heavy atom. The van der Waals surface area contributed by atoms with E-state index in [2.05, 4.69) is 11.4 Å². The van der Waals surface area contributed by atoms with E-state index in [0.29, 0.717) is 11.4 Å². The topological polar surface area (TPSA) is 47.6 Å². The number of nitrogens with one attached hydrogen (secondary N) is 1. The molecule has 24 heavy (non-hydrogen) atoms. The molecule has 2 aromatic carbocycles. The second-order valence-corrected chi connectivity index (χ2v) is 6.14. The Morgan fingerprint density at radius 3 is 2.79 bits per heavy atom. The Hall–Kier alpha value is -2.49. The molecule has 1 N–H and O–H groups in total. The van der Waals surface area contributed by atoms with E-state index in [4.69, 9.17) is 9.47 Å². The maximum absolute atomic E-state index is 12.2. The van der Waals surface area contributed by atoms with Crippen molar-refractivity contribution in [1.82, 2.24) is 0 Å². The molecule has 0 saturated carbocycles. The first-order valence-corrected chi connectivity index (χ1v) is 8.35. The average molecular weight is 325 g/mol. The van der Waals surface area contributed by atoms with Crippen molar-refractivity contribution in [2.24, 2.45) is 0 Å². The fourth-order valence-electron chi connectivity index (χ4n) is 3.13. The van der Waals surface area contributed by atoms with E-state index in [-0.39, 0.29) is 12.5 Å². The third-order valence-electron chi connectivity index (χ3n) is 4.34. The number of amides is 1. The van der Waals surface area contributed by atoms with Gasteiger partial charge in [-0.25, -0.2) is 0 Å². The van der Waals surface area contributed by atoms with E-state index < -0.39 is 0 Å². The minimum atomic E-state index is -0.188. The second-order valence-electron chi connectivity index (χ2n) is 6.14. The molecule has 4 heteroatoms. The summed E-state index contributed by atoms with van der Waals surface area (Å²) >= 11 is 0. The van der Waals surface area contributed by atoms with Crippen LogP contribution in [-0.4, -0.2) is 19.6 Å². The molecule has 0 bridgehead atoms. The normalized spacial score (nSPS) is 13.1. The van der Waals surface area contributed by atoms with E-state index in [1.54, 1.807) is 7.11 Å². The van der Waals surface area contributed by atoms with E-state index in [0.717, 1.165) is 24.2 Å². The maximum Gasteiger partial charge on any atom is 0.262 e. The number of rotatable bonds is 5. The zero-order valence-corrected chi connectivity index (χ0v) is 14.2. The number of hydrogen-bond donors (Lipinski definition) is 1. The van der Waals surface area contributed by atoms with Crippen molar-refractivity contribution in [2.75, 3.05) is 19.0 Å². The summed E-state index contributed by atoms with van der Waals surface area (Å²) in [6.45, 7) is 1.97. The van der Waals surface area contributed by atoms with E-state index in [1.165, 1.54) is 24.0 Å². The maximum atomic E-state index is 12.2. The molecule has 0 aromatic heterocycles. The molecule has 126 valence electrons. The molecule has 3 rings (SSSR count). The summed E-state index contributed by atoms with van der Waals surface area (Å²) < 4.78 is 11.1. The monoisotopic (exact) mass is 325 g/mol. The predicted molar refractivity (Wildman–Crippen MR) is 94.9 cm³/mol. The first kappa shape index (κ1) is 16.4. The molecule has 0 unspecified atom stereocenters. The summed E-state index contributed by atoms with van der Waals surface area (Å²) in [5, 5.41) is 2.86. The Balaban J connectivity index is 1.65. The van der Waals surface area contributed by atoms with Crippen LogP contribution in [0.4, 0.5) is 5.69 Å². The molecule has 0 fully saturated rings. The predicted octanol–water partition coefficient (Wildman–Crippen LogP) is 3.90. The van der Waals surface area contributed by atoms with Gasteiger partial charge in [0, 0.05) is 0 Å². The Kier molecular flexibility index (Phi) is 5.04. The van der Waals surface area contributed by atoms with Gasteiger partial charge in [0.1, 0.15) is 11.5 Å². The number of carbonyl (C=O) groups excluding carboxylic acids is 1. The lowest BCUT2D eigenvalue weighted by Gasteiger charge is -2.19. The summed E-state index contributed by atoms with van der Waals surface area (Å²) in [6.07, 6.45) is 4.53. The van der Waals surface area contributed by atoms with Gasteiger partial charge in [0.2, 0.25) is 0 Å². The highest BCUT2D eigenvalue weighted by atomic mass is 16.5. The van der Waals surface area contributed by atoms with Crippen molar-refractivity contribution >= 4 is 11.6 Å². The fourth-order valence-corrected chi connectivity index (χ4v) is 3.13. The zero-order valence-electron chi connectivity index (χ0n) is 14.2. The standard InChI is InChI=1S/C20H23NO3/c1-14-10-11-19(23-2)17(12-14)21-20(22)13-24-18-9-5-7-15-6-3-4-8-16(15)18/h5,7,9-12H,3-4,6,8,13H2,1-2H3,(H,21,22). The minimum absolute atomic E-state index is 0.00640. The van der Waals surface area contributed by atoms with Crippen LogP contribution >= 0.6 is 0 Å². The average Bonchev–Trinajstić information content (AvgIpc) is 2.60. The summed E-state index contributed by atoms with van der Waals surface area (Å²) in [5.74, 6) is 1.29. The molecule has 0 spiro atoms. The molecule has 0 aliphatic heterocycles. The number of benzene rings is 2. The van der Waals surface area contributed by atoms with E-state index >= 15 is 0 Å². The lowest BCUT2D eigenvalue weighted by atomic mass is 9.91. The molecule has 1 aliphatic carbocycles. The van der Waals surface area contributed by atoms with Crippen molar-refractivity contribution in [3.8, 4) is 11.5 Å². The lowest BCUT2D eigenvalue weighted by molar-refractivity contribution is -0.118. The number of anilines is 1. The van der Waals surface area contributed by atoms with Gasteiger partial charge in [-0.3, -0.25) is 4.79 Å². The molecular weight excluding hydrogens is 302 g/mol. The summed E-state index contributed by atoms with van der Waals surface area (Å²) in [5.41, 5.74) is 4.33. The van der Waals surface area contributed by atoms with Gasteiger partial charge in [-0.05, 0) is 67.5 Å². The third kappa shape index (κ3) is 3.70. The SMILES string of the molecule is COc1ccc(C)cc1NC(=O)COc1cccc2c1CCCC2. The number of methoxy groups -OCH3 is 1. The highest BCUT2D eigenvalue weighted by molar-refractivity contribution is 5.93. The van der Waals surface area contributed by atoms with Gasteiger partial charge >= 0.3 is 0 Å². The molecule has 0 saturated heterocycles. The van der Waals surface area contributed by atoms with Crippen LogP contribution in [0.3, 0.4) is 0 Å². The van der Waals surface area contributed by atoms with Crippen molar-refractivity contribution in [1.29, 1.82) is 0 Å². The van der Waals surface area contributed by atoms with Crippen molar-refractivity contribution in [3.63, 3.8) is 0 Å². The molecular formula is C20H23NO3. The Bertz CT molecular complexity index is 740. The van der Waals surface area contributed by atoms with Gasteiger partial charge in [0.05, 0.1) is 12.8 Å². The third-order valence-corrected chi connectivity index (χ3v) is 4.34. The van der Waals surface area contributed by atoms with Gasteiger partial charge in [-0.1, -0.05) is 18.2 Å². The zero-order chi connectivity index (χ0) is 16.9. The summed E-state index contributed by atoms with van der Waals surface area (Å²) in [6, 6.07) is 11.8. The molecule has 2 aromatic rings. The van der Waals surface area contributed by atoms with E-state index in [1.807, 2.05) is 37.3 Å². The van der Waals surface area contributed by atoms with Crippen molar-refractivity contribution in [2.45, 2.75) is 32.6 Å².